The molecule has 1 aromatic rings. The van der Waals surface area contributed by atoms with E-state index in [0.29, 0.717) is 6.04 Å². The molecule has 0 amide bonds. The van der Waals surface area contributed by atoms with E-state index >= 15 is 0 Å². The minimum atomic E-state index is -0.826. The van der Waals surface area contributed by atoms with Gasteiger partial charge in [-0.05, 0) is 25.5 Å². The minimum absolute atomic E-state index is 0.475. The summed E-state index contributed by atoms with van der Waals surface area (Å²) in [5.41, 5.74) is 1.39. The van der Waals surface area contributed by atoms with Crippen LogP contribution in [0.4, 0.5) is 0 Å². The summed E-state index contributed by atoms with van der Waals surface area (Å²) in [5, 5.41) is 3.60. The summed E-state index contributed by atoms with van der Waals surface area (Å²) >= 11 is 0. The average molecular weight is 249 g/mol. The Morgan fingerprint density at radius 3 is 2.29 bits per heavy atom. The lowest BCUT2D eigenvalue weighted by atomic mass is 10.1. The topological polar surface area (TPSA) is 12.0 Å². The molecule has 96 valence electrons. The fraction of sp³-hybridized carbons (Fsp3) is 0.600. The molecule has 0 aliphatic heterocycles. The van der Waals surface area contributed by atoms with Crippen molar-refractivity contribution in [3.8, 4) is 0 Å². The van der Waals surface area contributed by atoms with E-state index in [9.17, 15) is 0 Å². The Labute approximate surface area is 108 Å². The molecular weight excluding hydrogens is 222 g/mol. The van der Waals surface area contributed by atoms with Gasteiger partial charge in [-0.3, -0.25) is 0 Å². The van der Waals surface area contributed by atoms with Gasteiger partial charge in [0.15, 0.2) is 0 Å². The van der Waals surface area contributed by atoms with Crippen molar-refractivity contribution >= 4 is 8.07 Å². The molecule has 0 radical (unpaired) electrons. The molecule has 0 bridgehead atoms. The molecule has 0 unspecified atom stereocenters. The first-order valence-corrected chi connectivity index (χ1v) is 10.5. The molecular formula is C15H27NSi. The van der Waals surface area contributed by atoms with Crippen molar-refractivity contribution in [2.24, 2.45) is 0 Å². The monoisotopic (exact) mass is 249 g/mol. The summed E-state index contributed by atoms with van der Waals surface area (Å²) in [6.45, 7) is 10.7. The van der Waals surface area contributed by atoms with Gasteiger partial charge in [-0.15, -0.1) is 0 Å². The van der Waals surface area contributed by atoms with Crippen molar-refractivity contribution in [3.05, 3.63) is 35.9 Å². The van der Waals surface area contributed by atoms with Crippen LogP contribution in [-0.4, -0.2) is 14.6 Å². The maximum Gasteiger partial charge on any atom is 0.0442 e. The Morgan fingerprint density at radius 2 is 1.71 bits per heavy atom. The van der Waals surface area contributed by atoms with Crippen LogP contribution in [0.3, 0.4) is 0 Å². The zero-order valence-electron chi connectivity index (χ0n) is 11.8. The van der Waals surface area contributed by atoms with E-state index in [2.05, 4.69) is 62.2 Å². The van der Waals surface area contributed by atoms with Crippen LogP contribution in [0, 0.1) is 0 Å². The molecule has 0 heterocycles. The Bertz CT molecular complexity index is 302. The molecule has 0 saturated carbocycles. The highest BCUT2D eigenvalue weighted by atomic mass is 28.3. The van der Waals surface area contributed by atoms with Gasteiger partial charge in [0.05, 0.1) is 0 Å². The molecule has 1 rings (SSSR count). The Morgan fingerprint density at radius 1 is 1.06 bits per heavy atom. The van der Waals surface area contributed by atoms with E-state index in [0.717, 1.165) is 6.54 Å². The third-order valence-corrected chi connectivity index (χ3v) is 4.96. The van der Waals surface area contributed by atoms with Crippen LogP contribution in [0.25, 0.3) is 0 Å². The predicted octanol–water partition coefficient (Wildman–Crippen LogP) is 4.46. The zero-order valence-corrected chi connectivity index (χ0v) is 12.8. The van der Waals surface area contributed by atoms with Crippen LogP contribution < -0.4 is 5.32 Å². The van der Waals surface area contributed by atoms with Crippen molar-refractivity contribution in [2.75, 3.05) is 6.54 Å². The Balaban J connectivity index is 2.15. The van der Waals surface area contributed by atoms with Gasteiger partial charge in [0.25, 0.3) is 0 Å². The van der Waals surface area contributed by atoms with E-state index in [1.165, 1.54) is 24.4 Å². The summed E-state index contributed by atoms with van der Waals surface area (Å²) in [6, 6.07) is 12.6. The number of unbranched alkanes of at least 4 members (excludes halogenated alkanes) is 1. The lowest BCUT2D eigenvalue weighted by molar-refractivity contribution is 0.553. The second-order valence-corrected chi connectivity index (χ2v) is 11.7. The first-order chi connectivity index (χ1) is 7.99. The summed E-state index contributed by atoms with van der Waals surface area (Å²) in [7, 11) is -0.826. The van der Waals surface area contributed by atoms with Crippen molar-refractivity contribution in [3.63, 3.8) is 0 Å². The van der Waals surface area contributed by atoms with Crippen LogP contribution in [0.5, 0.6) is 0 Å². The normalized spacial score (nSPS) is 13.6. The molecule has 0 aliphatic rings. The first-order valence-electron chi connectivity index (χ1n) is 6.77. The fourth-order valence-corrected chi connectivity index (χ4v) is 3.27. The number of benzene rings is 1. The highest BCUT2D eigenvalue weighted by Crippen LogP contribution is 2.14. The van der Waals surface area contributed by atoms with E-state index < -0.39 is 8.07 Å². The summed E-state index contributed by atoms with van der Waals surface area (Å²) in [5.74, 6) is 0. The fourth-order valence-electron chi connectivity index (χ4n) is 1.96. The second kappa shape index (κ2) is 6.97. The SMILES string of the molecule is C[C@@H](NCCCC[Si](C)(C)C)c1ccccc1. The van der Waals surface area contributed by atoms with Gasteiger partial charge in [0.2, 0.25) is 0 Å². The number of rotatable bonds is 7. The van der Waals surface area contributed by atoms with Crippen molar-refractivity contribution in [2.45, 2.75) is 51.5 Å². The van der Waals surface area contributed by atoms with Crippen LogP contribution in [-0.2, 0) is 0 Å². The third kappa shape index (κ3) is 6.64. The molecule has 0 spiro atoms. The molecule has 1 N–H and O–H groups in total. The molecule has 1 atom stereocenters. The molecule has 0 aromatic heterocycles. The van der Waals surface area contributed by atoms with Crippen LogP contribution in [0.15, 0.2) is 30.3 Å². The maximum atomic E-state index is 3.60. The lowest BCUT2D eigenvalue weighted by Gasteiger charge is -2.17. The molecule has 2 heteroatoms. The van der Waals surface area contributed by atoms with Gasteiger partial charge in [-0.25, -0.2) is 0 Å². The van der Waals surface area contributed by atoms with Crippen molar-refractivity contribution < 1.29 is 0 Å². The largest absolute Gasteiger partial charge is 0.310 e. The zero-order chi connectivity index (χ0) is 12.7. The summed E-state index contributed by atoms with van der Waals surface area (Å²) < 4.78 is 0. The van der Waals surface area contributed by atoms with E-state index in [4.69, 9.17) is 0 Å². The molecule has 0 fully saturated rings. The predicted molar refractivity (Wildman–Crippen MR) is 80.2 cm³/mol. The quantitative estimate of drug-likeness (QED) is 0.556. The van der Waals surface area contributed by atoms with Gasteiger partial charge < -0.3 is 5.32 Å². The Hall–Kier alpha value is -0.603. The molecule has 1 aromatic carbocycles. The van der Waals surface area contributed by atoms with Gasteiger partial charge >= 0.3 is 0 Å². The highest BCUT2D eigenvalue weighted by Gasteiger charge is 2.11. The maximum absolute atomic E-state index is 3.60. The smallest absolute Gasteiger partial charge is 0.0442 e. The van der Waals surface area contributed by atoms with Gasteiger partial charge in [0, 0.05) is 14.1 Å². The van der Waals surface area contributed by atoms with Gasteiger partial charge in [0.1, 0.15) is 0 Å². The first kappa shape index (κ1) is 14.5. The van der Waals surface area contributed by atoms with Crippen LogP contribution >= 0.6 is 0 Å². The van der Waals surface area contributed by atoms with Crippen molar-refractivity contribution in [1.82, 2.24) is 5.32 Å². The van der Waals surface area contributed by atoms with Gasteiger partial charge in [-0.2, -0.15) is 0 Å². The summed E-state index contributed by atoms with van der Waals surface area (Å²) in [4.78, 5) is 0. The highest BCUT2D eigenvalue weighted by molar-refractivity contribution is 6.76. The molecule has 17 heavy (non-hydrogen) atoms. The summed E-state index contributed by atoms with van der Waals surface area (Å²) in [6.07, 6.45) is 2.69. The molecule has 1 nitrogen and oxygen atoms in total. The lowest BCUT2D eigenvalue weighted by Crippen LogP contribution is -2.22. The van der Waals surface area contributed by atoms with E-state index in [1.807, 2.05) is 0 Å². The number of nitrogens with one attached hydrogen (secondary N) is 1. The number of hydrogen-bond acceptors (Lipinski definition) is 1. The van der Waals surface area contributed by atoms with E-state index in [1.54, 1.807) is 0 Å². The van der Waals surface area contributed by atoms with Gasteiger partial charge in [-0.1, -0.05) is 62.4 Å². The second-order valence-electron chi connectivity index (χ2n) is 6.10. The van der Waals surface area contributed by atoms with Crippen LogP contribution in [0.1, 0.15) is 31.4 Å². The number of hydrogen-bond donors (Lipinski definition) is 1. The Kier molecular flexibility index (Phi) is 5.93. The standard InChI is InChI=1S/C15H27NSi/c1-14(15-10-6-5-7-11-15)16-12-8-9-13-17(2,3)4/h5-7,10-11,14,16H,8-9,12-13H2,1-4H3/t14-/m1/s1. The van der Waals surface area contributed by atoms with Crippen molar-refractivity contribution in [1.29, 1.82) is 0 Å². The third-order valence-electron chi connectivity index (χ3n) is 3.10. The molecule has 0 aliphatic carbocycles. The minimum Gasteiger partial charge on any atom is -0.310 e. The van der Waals surface area contributed by atoms with E-state index in [-0.39, 0.29) is 0 Å². The average Bonchev–Trinajstić information content (AvgIpc) is 2.28. The molecule has 0 saturated heterocycles. The van der Waals surface area contributed by atoms with Crippen LogP contribution in [0.2, 0.25) is 25.7 Å².